The molecule has 1 amide bonds. The van der Waals surface area contributed by atoms with Crippen molar-refractivity contribution in [3.8, 4) is 11.5 Å². The molecule has 5 rings (SSSR count). The second-order valence-corrected chi connectivity index (χ2v) is 9.13. The molecule has 1 aromatic heterocycles. The van der Waals surface area contributed by atoms with E-state index in [2.05, 4.69) is 44.4 Å². The Kier molecular flexibility index (Phi) is 6.78. The standard InChI is InChI=1S/C26H27N5O2S/c1-2-30-14-16-31(17-15-30)21-12-10-20(11-13-21)27-24(32)18-34-26-29-28-25(33-26)23-9-5-7-19-6-3-4-8-22(19)23/h3-13H,2,14-18H2,1H3,(H,27,32). The number of amides is 1. The number of hydrogen-bond acceptors (Lipinski definition) is 7. The second-order valence-electron chi connectivity index (χ2n) is 8.20. The average Bonchev–Trinajstić information content (AvgIpc) is 3.37. The number of rotatable bonds is 7. The first-order valence-corrected chi connectivity index (χ1v) is 12.5. The third-order valence-corrected chi connectivity index (χ3v) is 6.91. The van der Waals surface area contributed by atoms with Crippen molar-refractivity contribution in [3.05, 3.63) is 66.7 Å². The number of likely N-dealkylation sites (N-methyl/N-ethyl adjacent to an activating group) is 1. The number of anilines is 2. The number of fused-ring (bicyclic) bond motifs is 1. The zero-order chi connectivity index (χ0) is 23.3. The second kappa shape index (κ2) is 10.3. The Bertz CT molecular complexity index is 1260. The minimum atomic E-state index is -0.112. The van der Waals surface area contributed by atoms with Gasteiger partial charge in [-0.25, -0.2) is 0 Å². The Balaban J connectivity index is 1.15. The number of nitrogens with zero attached hydrogens (tertiary/aromatic N) is 4. The highest BCUT2D eigenvalue weighted by molar-refractivity contribution is 7.99. The van der Waals surface area contributed by atoms with Crippen molar-refractivity contribution in [2.45, 2.75) is 12.1 Å². The SMILES string of the molecule is CCN1CCN(c2ccc(NC(=O)CSc3nnc(-c4cccc5ccccc45)o3)cc2)CC1. The van der Waals surface area contributed by atoms with Gasteiger partial charge in [-0.3, -0.25) is 4.79 Å². The maximum Gasteiger partial charge on any atom is 0.277 e. The van der Waals surface area contributed by atoms with Crippen molar-refractivity contribution in [3.63, 3.8) is 0 Å². The quantitative estimate of drug-likeness (QED) is 0.388. The average molecular weight is 474 g/mol. The van der Waals surface area contributed by atoms with E-state index < -0.39 is 0 Å². The van der Waals surface area contributed by atoms with Crippen LogP contribution in [0.4, 0.5) is 11.4 Å². The normalized spacial score (nSPS) is 14.4. The summed E-state index contributed by atoms with van der Waals surface area (Å²) < 4.78 is 5.83. The lowest BCUT2D eigenvalue weighted by atomic mass is 10.0. The Morgan fingerprint density at radius 2 is 1.74 bits per heavy atom. The molecule has 3 aromatic carbocycles. The Morgan fingerprint density at radius 3 is 2.53 bits per heavy atom. The van der Waals surface area contributed by atoms with Gasteiger partial charge in [-0.1, -0.05) is 55.1 Å². The van der Waals surface area contributed by atoms with Crippen LogP contribution >= 0.6 is 11.8 Å². The van der Waals surface area contributed by atoms with E-state index >= 15 is 0 Å². The Morgan fingerprint density at radius 1 is 0.971 bits per heavy atom. The lowest BCUT2D eigenvalue weighted by Crippen LogP contribution is -2.46. The predicted molar refractivity (Wildman–Crippen MR) is 137 cm³/mol. The van der Waals surface area contributed by atoms with Crippen molar-refractivity contribution in [2.75, 3.05) is 48.7 Å². The first kappa shape index (κ1) is 22.4. The number of nitrogens with one attached hydrogen (secondary N) is 1. The van der Waals surface area contributed by atoms with Gasteiger partial charge >= 0.3 is 0 Å². The lowest BCUT2D eigenvalue weighted by Gasteiger charge is -2.35. The van der Waals surface area contributed by atoms with E-state index in [0.717, 1.165) is 54.7 Å². The van der Waals surface area contributed by atoms with E-state index in [1.807, 2.05) is 54.6 Å². The van der Waals surface area contributed by atoms with Crippen LogP contribution in [0.25, 0.3) is 22.2 Å². The van der Waals surface area contributed by atoms with Crippen LogP contribution in [0.2, 0.25) is 0 Å². The van der Waals surface area contributed by atoms with Gasteiger partial charge in [0.15, 0.2) is 0 Å². The zero-order valence-corrected chi connectivity index (χ0v) is 19.9. The van der Waals surface area contributed by atoms with Gasteiger partial charge in [0.25, 0.3) is 5.22 Å². The van der Waals surface area contributed by atoms with Crippen LogP contribution in [0.3, 0.4) is 0 Å². The first-order valence-electron chi connectivity index (χ1n) is 11.5. The monoisotopic (exact) mass is 473 g/mol. The van der Waals surface area contributed by atoms with Gasteiger partial charge in [0.2, 0.25) is 11.8 Å². The van der Waals surface area contributed by atoms with E-state index in [4.69, 9.17) is 4.42 Å². The summed E-state index contributed by atoms with van der Waals surface area (Å²) in [6.07, 6.45) is 0. The summed E-state index contributed by atoms with van der Waals surface area (Å²) in [5.41, 5.74) is 2.86. The number of aromatic nitrogens is 2. The molecule has 1 aliphatic rings. The van der Waals surface area contributed by atoms with Crippen LogP contribution in [-0.4, -0.2) is 59.5 Å². The van der Waals surface area contributed by atoms with E-state index in [1.165, 1.54) is 17.4 Å². The van der Waals surface area contributed by atoms with Crippen molar-refractivity contribution >= 4 is 39.8 Å². The molecule has 7 nitrogen and oxygen atoms in total. The molecule has 1 N–H and O–H groups in total. The fraction of sp³-hybridized carbons (Fsp3) is 0.269. The molecule has 0 radical (unpaired) electrons. The molecule has 1 fully saturated rings. The number of carbonyl (C=O) groups is 1. The van der Waals surface area contributed by atoms with Gasteiger partial charge in [-0.15, -0.1) is 10.2 Å². The molecule has 1 aliphatic heterocycles. The van der Waals surface area contributed by atoms with Gasteiger partial charge in [-0.2, -0.15) is 0 Å². The summed E-state index contributed by atoms with van der Waals surface area (Å²) in [7, 11) is 0. The third-order valence-electron chi connectivity index (χ3n) is 6.09. The molecular formula is C26H27N5O2S. The summed E-state index contributed by atoms with van der Waals surface area (Å²) in [5, 5.41) is 13.8. The van der Waals surface area contributed by atoms with Crippen molar-refractivity contribution in [1.82, 2.24) is 15.1 Å². The lowest BCUT2D eigenvalue weighted by molar-refractivity contribution is -0.113. The molecule has 0 unspecified atom stereocenters. The highest BCUT2D eigenvalue weighted by atomic mass is 32.2. The summed E-state index contributed by atoms with van der Waals surface area (Å²) in [4.78, 5) is 17.3. The molecule has 0 aliphatic carbocycles. The van der Waals surface area contributed by atoms with Crippen LogP contribution in [0.5, 0.6) is 0 Å². The number of hydrogen-bond donors (Lipinski definition) is 1. The molecule has 174 valence electrons. The fourth-order valence-corrected chi connectivity index (χ4v) is 4.75. The molecular weight excluding hydrogens is 446 g/mol. The molecule has 2 heterocycles. The summed E-state index contributed by atoms with van der Waals surface area (Å²) in [5.74, 6) is 0.534. The van der Waals surface area contributed by atoms with Crippen molar-refractivity contribution < 1.29 is 9.21 Å². The number of benzene rings is 3. The highest BCUT2D eigenvalue weighted by Gasteiger charge is 2.16. The largest absolute Gasteiger partial charge is 0.411 e. The van der Waals surface area contributed by atoms with Gasteiger partial charge in [0, 0.05) is 43.1 Å². The predicted octanol–water partition coefficient (Wildman–Crippen LogP) is 4.76. The Hall–Kier alpha value is -3.36. The number of piperazine rings is 1. The van der Waals surface area contributed by atoms with E-state index in [1.54, 1.807) is 0 Å². The van der Waals surface area contributed by atoms with Crippen LogP contribution in [0.15, 0.2) is 76.4 Å². The summed E-state index contributed by atoms with van der Waals surface area (Å²) >= 11 is 1.23. The molecule has 0 spiro atoms. The minimum Gasteiger partial charge on any atom is -0.411 e. The van der Waals surface area contributed by atoms with E-state index in [-0.39, 0.29) is 11.7 Å². The van der Waals surface area contributed by atoms with Crippen LogP contribution in [-0.2, 0) is 4.79 Å². The molecule has 0 bridgehead atoms. The van der Waals surface area contributed by atoms with Crippen molar-refractivity contribution in [1.29, 1.82) is 0 Å². The minimum absolute atomic E-state index is 0.112. The van der Waals surface area contributed by atoms with E-state index in [9.17, 15) is 4.79 Å². The number of thioether (sulfide) groups is 1. The van der Waals surface area contributed by atoms with Crippen LogP contribution < -0.4 is 10.2 Å². The Labute approximate surface area is 203 Å². The van der Waals surface area contributed by atoms with Gasteiger partial charge in [0.1, 0.15) is 0 Å². The third kappa shape index (κ3) is 5.08. The number of carbonyl (C=O) groups excluding carboxylic acids is 1. The van der Waals surface area contributed by atoms with Gasteiger partial charge < -0.3 is 19.5 Å². The fourth-order valence-electron chi connectivity index (χ4n) is 4.19. The maximum absolute atomic E-state index is 12.5. The molecule has 1 saturated heterocycles. The van der Waals surface area contributed by atoms with Crippen molar-refractivity contribution in [2.24, 2.45) is 0 Å². The van der Waals surface area contributed by atoms with E-state index in [0.29, 0.717) is 11.1 Å². The first-order chi connectivity index (χ1) is 16.7. The van der Waals surface area contributed by atoms with Crippen LogP contribution in [0, 0.1) is 0 Å². The molecule has 0 saturated carbocycles. The molecule has 8 heteroatoms. The van der Waals surface area contributed by atoms with Gasteiger partial charge in [-0.05, 0) is 47.6 Å². The van der Waals surface area contributed by atoms with Crippen LogP contribution in [0.1, 0.15) is 6.92 Å². The molecule has 4 aromatic rings. The topological polar surface area (TPSA) is 74.5 Å². The zero-order valence-electron chi connectivity index (χ0n) is 19.1. The molecule has 34 heavy (non-hydrogen) atoms. The van der Waals surface area contributed by atoms with Gasteiger partial charge in [0.05, 0.1) is 5.75 Å². The summed E-state index contributed by atoms with van der Waals surface area (Å²) in [6, 6.07) is 22.1. The molecule has 0 atom stereocenters. The maximum atomic E-state index is 12.5. The highest BCUT2D eigenvalue weighted by Crippen LogP contribution is 2.29. The smallest absolute Gasteiger partial charge is 0.277 e. The summed E-state index contributed by atoms with van der Waals surface area (Å²) in [6.45, 7) is 7.54.